The largest absolute Gasteiger partial charge is 0.462 e. The normalized spacial score (nSPS) is 28.9. The zero-order chi connectivity index (χ0) is 13.9. The Morgan fingerprint density at radius 3 is 2.42 bits per heavy atom. The van der Waals surface area contributed by atoms with Crippen molar-refractivity contribution >= 4 is 17.9 Å². The molecule has 1 atom stereocenters. The number of ether oxygens (including phenoxy) is 2. The molecule has 1 aliphatic carbocycles. The second-order valence-corrected chi connectivity index (χ2v) is 5.25. The van der Waals surface area contributed by atoms with E-state index in [0.717, 1.165) is 38.5 Å². The number of hydrogen-bond donors (Lipinski definition) is 1. The highest BCUT2D eigenvalue weighted by Gasteiger charge is 2.49. The van der Waals surface area contributed by atoms with Crippen LogP contribution < -0.4 is 0 Å². The molecule has 1 unspecified atom stereocenters. The summed E-state index contributed by atoms with van der Waals surface area (Å²) in [5.74, 6) is -2.52. The molecule has 106 valence electrons. The van der Waals surface area contributed by atoms with Crippen molar-refractivity contribution in [2.45, 2.75) is 63.1 Å². The van der Waals surface area contributed by atoms with Crippen molar-refractivity contribution in [1.82, 2.24) is 0 Å². The number of esters is 3. The molecule has 0 aromatic rings. The lowest BCUT2D eigenvalue weighted by Crippen LogP contribution is -2.38. The molecule has 0 spiro atoms. The monoisotopic (exact) mass is 270 g/mol. The van der Waals surface area contributed by atoms with Crippen molar-refractivity contribution in [3.05, 3.63) is 0 Å². The first kappa shape index (κ1) is 14.0. The van der Waals surface area contributed by atoms with Crippen molar-refractivity contribution in [2.24, 2.45) is 0 Å². The average molecular weight is 270 g/mol. The lowest BCUT2D eigenvalue weighted by Gasteiger charge is -2.19. The predicted molar refractivity (Wildman–Crippen MR) is 62.9 cm³/mol. The van der Waals surface area contributed by atoms with Gasteiger partial charge in [-0.25, -0.2) is 4.79 Å². The molecule has 2 aliphatic rings. The SMILES string of the molecule is O=C1CC(O)(CC(=O)OC2CCCCCC2)C(=O)O1. The van der Waals surface area contributed by atoms with Gasteiger partial charge in [-0.2, -0.15) is 0 Å². The minimum absolute atomic E-state index is 0.147. The molecule has 1 heterocycles. The van der Waals surface area contributed by atoms with Gasteiger partial charge in [0.05, 0.1) is 12.8 Å². The molecule has 0 amide bonds. The van der Waals surface area contributed by atoms with Crippen LogP contribution in [0.1, 0.15) is 51.4 Å². The lowest BCUT2D eigenvalue weighted by atomic mass is 9.98. The van der Waals surface area contributed by atoms with Crippen molar-refractivity contribution < 1.29 is 29.0 Å². The van der Waals surface area contributed by atoms with Gasteiger partial charge in [0, 0.05) is 0 Å². The van der Waals surface area contributed by atoms with Gasteiger partial charge in [-0.3, -0.25) is 9.59 Å². The number of hydrogen-bond acceptors (Lipinski definition) is 6. The first-order valence-electron chi connectivity index (χ1n) is 6.66. The fourth-order valence-electron chi connectivity index (χ4n) is 2.51. The molecular formula is C13H18O6. The summed E-state index contributed by atoms with van der Waals surface area (Å²) in [6, 6.07) is 0. The molecule has 6 nitrogen and oxygen atoms in total. The van der Waals surface area contributed by atoms with Gasteiger partial charge in [-0.05, 0) is 25.7 Å². The summed E-state index contributed by atoms with van der Waals surface area (Å²) in [6.07, 6.45) is 4.79. The summed E-state index contributed by atoms with van der Waals surface area (Å²) in [4.78, 5) is 34.0. The van der Waals surface area contributed by atoms with Crippen LogP contribution in [0.3, 0.4) is 0 Å². The molecule has 1 saturated heterocycles. The van der Waals surface area contributed by atoms with E-state index >= 15 is 0 Å². The van der Waals surface area contributed by atoms with Gasteiger partial charge in [0.15, 0.2) is 5.60 Å². The highest BCUT2D eigenvalue weighted by molar-refractivity contribution is 6.01. The lowest BCUT2D eigenvalue weighted by molar-refractivity contribution is -0.166. The van der Waals surface area contributed by atoms with Crippen LogP contribution in [0.5, 0.6) is 0 Å². The highest BCUT2D eigenvalue weighted by atomic mass is 16.6. The Kier molecular flexibility index (Phi) is 4.19. The van der Waals surface area contributed by atoms with E-state index in [9.17, 15) is 19.5 Å². The topological polar surface area (TPSA) is 89.9 Å². The van der Waals surface area contributed by atoms with Crippen LogP contribution in [0.2, 0.25) is 0 Å². The number of aliphatic hydroxyl groups is 1. The van der Waals surface area contributed by atoms with E-state index < -0.39 is 36.4 Å². The Labute approximate surface area is 111 Å². The summed E-state index contributed by atoms with van der Waals surface area (Å²) in [6.45, 7) is 0. The van der Waals surface area contributed by atoms with Gasteiger partial charge in [-0.15, -0.1) is 0 Å². The molecule has 0 radical (unpaired) electrons. The van der Waals surface area contributed by atoms with Crippen molar-refractivity contribution in [1.29, 1.82) is 0 Å². The van der Waals surface area contributed by atoms with Crippen LogP contribution in [0, 0.1) is 0 Å². The maximum atomic E-state index is 11.7. The Morgan fingerprint density at radius 2 is 1.89 bits per heavy atom. The molecule has 1 N–H and O–H groups in total. The molecule has 2 fully saturated rings. The molecule has 0 aromatic carbocycles. The first-order chi connectivity index (χ1) is 8.99. The second kappa shape index (κ2) is 5.69. The van der Waals surface area contributed by atoms with E-state index in [-0.39, 0.29) is 6.10 Å². The number of rotatable bonds is 3. The minimum Gasteiger partial charge on any atom is -0.462 e. The van der Waals surface area contributed by atoms with E-state index in [0.29, 0.717) is 0 Å². The molecular weight excluding hydrogens is 252 g/mol. The Hall–Kier alpha value is -1.43. The Balaban J connectivity index is 1.86. The van der Waals surface area contributed by atoms with Crippen LogP contribution in [0.25, 0.3) is 0 Å². The van der Waals surface area contributed by atoms with Crippen LogP contribution >= 0.6 is 0 Å². The van der Waals surface area contributed by atoms with E-state index in [2.05, 4.69) is 4.74 Å². The van der Waals surface area contributed by atoms with E-state index in [1.807, 2.05) is 0 Å². The fraction of sp³-hybridized carbons (Fsp3) is 0.769. The van der Waals surface area contributed by atoms with Gasteiger partial charge < -0.3 is 14.6 Å². The van der Waals surface area contributed by atoms with Gasteiger partial charge in [-0.1, -0.05) is 12.8 Å². The first-order valence-corrected chi connectivity index (χ1v) is 6.66. The number of cyclic esters (lactones) is 2. The molecule has 0 bridgehead atoms. The van der Waals surface area contributed by atoms with Gasteiger partial charge in [0.1, 0.15) is 6.10 Å². The second-order valence-electron chi connectivity index (χ2n) is 5.25. The highest BCUT2D eigenvalue weighted by Crippen LogP contribution is 2.27. The van der Waals surface area contributed by atoms with Crippen LogP contribution in [-0.4, -0.2) is 34.7 Å². The fourth-order valence-corrected chi connectivity index (χ4v) is 2.51. The minimum atomic E-state index is -2.04. The van der Waals surface area contributed by atoms with E-state index in [1.54, 1.807) is 0 Å². The Morgan fingerprint density at radius 1 is 1.26 bits per heavy atom. The summed E-state index contributed by atoms with van der Waals surface area (Å²) >= 11 is 0. The summed E-state index contributed by atoms with van der Waals surface area (Å²) < 4.78 is 9.52. The van der Waals surface area contributed by atoms with Gasteiger partial charge in [0.25, 0.3) is 0 Å². The third-order valence-corrected chi connectivity index (χ3v) is 3.56. The number of carbonyl (C=O) groups is 3. The zero-order valence-corrected chi connectivity index (χ0v) is 10.7. The van der Waals surface area contributed by atoms with Crippen LogP contribution in [0.4, 0.5) is 0 Å². The summed E-state index contributed by atoms with van der Waals surface area (Å²) in [5, 5.41) is 9.89. The Bertz CT molecular complexity index is 383. The quantitative estimate of drug-likeness (QED) is 0.464. The predicted octanol–water partition coefficient (Wildman–Crippen LogP) is 0.847. The van der Waals surface area contributed by atoms with Crippen LogP contribution in [-0.2, 0) is 23.9 Å². The molecule has 19 heavy (non-hydrogen) atoms. The summed E-state index contributed by atoms with van der Waals surface area (Å²) in [7, 11) is 0. The smallest absolute Gasteiger partial charge is 0.346 e. The summed E-state index contributed by atoms with van der Waals surface area (Å²) in [5.41, 5.74) is -2.04. The molecule has 1 saturated carbocycles. The van der Waals surface area contributed by atoms with Crippen molar-refractivity contribution in [3.8, 4) is 0 Å². The van der Waals surface area contributed by atoms with Gasteiger partial charge >= 0.3 is 17.9 Å². The maximum absolute atomic E-state index is 11.7. The third-order valence-electron chi connectivity index (χ3n) is 3.56. The van der Waals surface area contributed by atoms with E-state index in [1.165, 1.54) is 0 Å². The molecule has 6 heteroatoms. The van der Waals surface area contributed by atoms with Gasteiger partial charge in [0.2, 0.25) is 0 Å². The molecule has 1 aliphatic heterocycles. The average Bonchev–Trinajstić information content (AvgIpc) is 2.53. The maximum Gasteiger partial charge on any atom is 0.346 e. The third kappa shape index (κ3) is 3.53. The van der Waals surface area contributed by atoms with Crippen molar-refractivity contribution in [2.75, 3.05) is 0 Å². The molecule has 2 rings (SSSR count). The van der Waals surface area contributed by atoms with Crippen LogP contribution in [0.15, 0.2) is 0 Å². The molecule has 0 aromatic heterocycles. The van der Waals surface area contributed by atoms with E-state index in [4.69, 9.17) is 4.74 Å². The number of carbonyl (C=O) groups excluding carboxylic acids is 3. The standard InChI is InChI=1S/C13H18O6/c14-10(18-9-5-3-1-2-4-6-9)7-13(17)8-11(15)19-12(13)16/h9,17H,1-8H2. The zero-order valence-electron chi connectivity index (χ0n) is 10.7. The van der Waals surface area contributed by atoms with Crippen molar-refractivity contribution in [3.63, 3.8) is 0 Å².